The third kappa shape index (κ3) is 4.04. The average Bonchev–Trinajstić information content (AvgIpc) is 2.55. The number of hydrogen-bond donors (Lipinski definition) is 1. The van der Waals surface area contributed by atoms with E-state index in [0.29, 0.717) is 6.42 Å². The zero-order valence-electron chi connectivity index (χ0n) is 14.2. The van der Waals surface area contributed by atoms with Gasteiger partial charge in [0.25, 0.3) is 0 Å². The molecule has 1 unspecified atom stereocenters. The predicted molar refractivity (Wildman–Crippen MR) is 82.6 cm³/mol. The maximum atomic E-state index is 13.0. The van der Waals surface area contributed by atoms with Gasteiger partial charge in [-0.15, -0.1) is 0 Å². The van der Waals surface area contributed by atoms with E-state index in [1.54, 1.807) is 14.1 Å². The lowest BCUT2D eigenvalue weighted by atomic mass is 9.95. The molecule has 0 spiro atoms. The third-order valence-corrected chi connectivity index (χ3v) is 3.84. The molecule has 1 N–H and O–H groups in total. The first-order chi connectivity index (χ1) is 10.3. The fourth-order valence-electron chi connectivity index (χ4n) is 2.82. The van der Waals surface area contributed by atoms with E-state index in [9.17, 15) is 13.2 Å². The Kier molecular flexibility index (Phi) is 4.26. The van der Waals surface area contributed by atoms with Crippen molar-refractivity contribution in [3.63, 3.8) is 0 Å². The minimum atomic E-state index is -4.52. The van der Waals surface area contributed by atoms with E-state index in [2.05, 4.69) is 15.3 Å². The van der Waals surface area contributed by atoms with E-state index in [-0.39, 0.29) is 23.4 Å². The zero-order valence-corrected chi connectivity index (χ0v) is 14.2. The fourth-order valence-corrected chi connectivity index (χ4v) is 2.82. The largest absolute Gasteiger partial charge is 0.433 e. The SMILES string of the molecule is CN(C)c1cc(C(F)(F)F)nc(NC2CC(C)(C)OC2(C)C)n1. The minimum absolute atomic E-state index is 0.0390. The van der Waals surface area contributed by atoms with Gasteiger partial charge in [0.15, 0.2) is 5.69 Å². The van der Waals surface area contributed by atoms with Crippen LogP contribution in [0.3, 0.4) is 0 Å². The molecule has 2 heterocycles. The van der Waals surface area contributed by atoms with Gasteiger partial charge in [0.2, 0.25) is 5.95 Å². The normalized spacial score (nSPS) is 22.9. The van der Waals surface area contributed by atoms with Gasteiger partial charge in [0.05, 0.1) is 17.2 Å². The van der Waals surface area contributed by atoms with Crippen LogP contribution in [0.2, 0.25) is 0 Å². The number of hydrogen-bond acceptors (Lipinski definition) is 5. The number of aromatic nitrogens is 2. The number of rotatable bonds is 3. The van der Waals surface area contributed by atoms with Gasteiger partial charge in [0.1, 0.15) is 5.82 Å². The fraction of sp³-hybridized carbons (Fsp3) is 0.733. The van der Waals surface area contributed by atoms with Crippen molar-refractivity contribution in [1.82, 2.24) is 9.97 Å². The second kappa shape index (κ2) is 5.51. The van der Waals surface area contributed by atoms with E-state index in [4.69, 9.17) is 4.74 Å². The van der Waals surface area contributed by atoms with Crippen LogP contribution in [0.25, 0.3) is 0 Å². The van der Waals surface area contributed by atoms with Crippen LogP contribution in [0, 0.1) is 0 Å². The van der Waals surface area contributed by atoms with Crippen molar-refractivity contribution in [2.75, 3.05) is 24.3 Å². The lowest BCUT2D eigenvalue weighted by Gasteiger charge is -2.28. The van der Waals surface area contributed by atoms with Crippen LogP contribution in [0.5, 0.6) is 0 Å². The van der Waals surface area contributed by atoms with Crippen LogP contribution in [0.15, 0.2) is 6.07 Å². The highest BCUT2D eigenvalue weighted by Crippen LogP contribution is 2.39. The topological polar surface area (TPSA) is 50.3 Å². The molecule has 5 nitrogen and oxygen atoms in total. The summed E-state index contributed by atoms with van der Waals surface area (Å²) in [7, 11) is 3.27. The summed E-state index contributed by atoms with van der Waals surface area (Å²) in [5.41, 5.74) is -1.85. The van der Waals surface area contributed by atoms with Crippen molar-refractivity contribution in [3.8, 4) is 0 Å². The molecule has 2 rings (SSSR count). The summed E-state index contributed by atoms with van der Waals surface area (Å²) in [6.07, 6.45) is -3.87. The molecule has 0 aliphatic carbocycles. The van der Waals surface area contributed by atoms with Crippen molar-refractivity contribution in [3.05, 3.63) is 11.8 Å². The summed E-state index contributed by atoms with van der Waals surface area (Å²) in [6, 6.07) is 0.752. The predicted octanol–water partition coefficient (Wildman–Crippen LogP) is 3.32. The van der Waals surface area contributed by atoms with E-state index in [0.717, 1.165) is 6.07 Å². The Morgan fingerprint density at radius 3 is 2.26 bits per heavy atom. The van der Waals surface area contributed by atoms with Crippen LogP contribution >= 0.6 is 0 Å². The lowest BCUT2D eigenvalue weighted by Crippen LogP contribution is -2.38. The van der Waals surface area contributed by atoms with Gasteiger partial charge in [-0.2, -0.15) is 18.2 Å². The first kappa shape index (κ1) is 17.8. The van der Waals surface area contributed by atoms with Crippen LogP contribution in [-0.2, 0) is 10.9 Å². The molecule has 0 amide bonds. The van der Waals surface area contributed by atoms with Crippen LogP contribution in [-0.4, -0.2) is 41.3 Å². The Hall–Kier alpha value is -1.57. The van der Waals surface area contributed by atoms with Gasteiger partial charge in [-0.1, -0.05) is 0 Å². The zero-order chi connectivity index (χ0) is 17.6. The molecular formula is C15H23F3N4O. The Bertz CT molecular complexity index is 585. The second-order valence-corrected chi connectivity index (χ2v) is 7.19. The van der Waals surface area contributed by atoms with Crippen molar-refractivity contribution >= 4 is 11.8 Å². The Morgan fingerprint density at radius 1 is 1.22 bits per heavy atom. The molecule has 1 fully saturated rings. The van der Waals surface area contributed by atoms with Gasteiger partial charge in [-0.05, 0) is 34.1 Å². The molecule has 1 aliphatic rings. The molecule has 0 saturated carbocycles. The maximum absolute atomic E-state index is 13.0. The van der Waals surface area contributed by atoms with E-state index < -0.39 is 17.5 Å². The molecule has 0 aromatic carbocycles. The summed E-state index contributed by atoms with van der Waals surface area (Å²) < 4.78 is 45.1. The summed E-state index contributed by atoms with van der Waals surface area (Å²) in [6.45, 7) is 7.71. The molecule has 0 radical (unpaired) electrons. The minimum Gasteiger partial charge on any atom is -0.367 e. The van der Waals surface area contributed by atoms with Gasteiger partial charge < -0.3 is 15.0 Å². The maximum Gasteiger partial charge on any atom is 0.433 e. The number of nitrogens with zero attached hydrogens (tertiary/aromatic N) is 3. The monoisotopic (exact) mass is 332 g/mol. The van der Waals surface area contributed by atoms with Crippen LogP contribution < -0.4 is 10.2 Å². The number of anilines is 2. The average molecular weight is 332 g/mol. The third-order valence-electron chi connectivity index (χ3n) is 3.84. The van der Waals surface area contributed by atoms with E-state index >= 15 is 0 Å². The number of ether oxygens (including phenoxy) is 1. The molecule has 1 saturated heterocycles. The van der Waals surface area contributed by atoms with Gasteiger partial charge >= 0.3 is 6.18 Å². The Balaban J connectivity index is 2.34. The van der Waals surface area contributed by atoms with E-state index in [1.807, 2.05) is 27.7 Å². The molecule has 0 bridgehead atoms. The molecule has 1 aromatic rings. The highest BCUT2D eigenvalue weighted by molar-refractivity contribution is 5.45. The molecule has 130 valence electrons. The van der Waals surface area contributed by atoms with Gasteiger partial charge in [-0.3, -0.25) is 0 Å². The van der Waals surface area contributed by atoms with Crippen LogP contribution in [0.4, 0.5) is 24.9 Å². The first-order valence-corrected chi connectivity index (χ1v) is 7.40. The Morgan fingerprint density at radius 2 is 1.83 bits per heavy atom. The van der Waals surface area contributed by atoms with Crippen LogP contribution in [0.1, 0.15) is 39.8 Å². The summed E-state index contributed by atoms with van der Waals surface area (Å²) in [5, 5.41) is 3.02. The number of nitrogens with one attached hydrogen (secondary N) is 1. The molecule has 8 heteroatoms. The smallest absolute Gasteiger partial charge is 0.367 e. The summed E-state index contributed by atoms with van der Waals surface area (Å²) >= 11 is 0. The van der Waals surface area contributed by atoms with Gasteiger partial charge in [-0.25, -0.2) is 4.98 Å². The Labute approximate surface area is 134 Å². The second-order valence-electron chi connectivity index (χ2n) is 7.19. The molecule has 23 heavy (non-hydrogen) atoms. The molecule has 1 aliphatic heterocycles. The molecular weight excluding hydrogens is 309 g/mol. The standard InChI is InChI=1S/C15H23F3N4O/c1-13(2)8-10(14(3,4)23-13)20-12-19-9(15(16,17)18)7-11(21-12)22(5)6/h7,10H,8H2,1-6H3,(H,19,20,21). The molecule has 1 atom stereocenters. The highest BCUT2D eigenvalue weighted by Gasteiger charge is 2.46. The highest BCUT2D eigenvalue weighted by atomic mass is 19.4. The number of alkyl halides is 3. The van der Waals surface area contributed by atoms with E-state index in [1.165, 1.54) is 4.90 Å². The lowest BCUT2D eigenvalue weighted by molar-refractivity contribution is -0.141. The number of halogens is 3. The van der Waals surface area contributed by atoms with Crippen molar-refractivity contribution in [2.24, 2.45) is 0 Å². The van der Waals surface area contributed by atoms with Crippen molar-refractivity contribution in [1.29, 1.82) is 0 Å². The van der Waals surface area contributed by atoms with Crippen molar-refractivity contribution < 1.29 is 17.9 Å². The quantitative estimate of drug-likeness (QED) is 0.920. The summed E-state index contributed by atoms with van der Waals surface area (Å²) in [4.78, 5) is 9.32. The van der Waals surface area contributed by atoms with Gasteiger partial charge in [0, 0.05) is 20.2 Å². The van der Waals surface area contributed by atoms with Crippen molar-refractivity contribution in [2.45, 2.75) is 57.5 Å². The summed E-state index contributed by atoms with van der Waals surface area (Å²) in [5.74, 6) is 0.161. The molecule has 1 aromatic heterocycles. The first-order valence-electron chi connectivity index (χ1n) is 7.40.